The Morgan fingerprint density at radius 3 is 2.39 bits per heavy atom. The van der Waals surface area contributed by atoms with Crippen molar-refractivity contribution in [3.05, 3.63) is 53.1 Å². The Bertz CT molecular complexity index is 818. The topological polar surface area (TPSA) is 75.3 Å². The van der Waals surface area contributed by atoms with Crippen molar-refractivity contribution in [1.82, 2.24) is 0 Å². The second-order valence-electron chi connectivity index (χ2n) is 5.18. The highest BCUT2D eigenvalue weighted by molar-refractivity contribution is 7.90. The van der Waals surface area contributed by atoms with Gasteiger partial charge in [-0.15, -0.1) is 0 Å². The normalized spacial score (nSPS) is 11.1. The van der Waals surface area contributed by atoms with Crippen molar-refractivity contribution in [3.8, 4) is 0 Å². The molecule has 122 valence electrons. The molecule has 0 aliphatic carbocycles. The summed E-state index contributed by atoms with van der Waals surface area (Å²) in [6.07, 6.45) is 1.09. The Morgan fingerprint density at radius 1 is 1.13 bits per heavy atom. The van der Waals surface area contributed by atoms with Crippen LogP contribution in [0.4, 0.5) is 11.4 Å². The van der Waals surface area contributed by atoms with Crippen LogP contribution < -0.4 is 10.6 Å². The number of nitrogens with one attached hydrogen (secondary N) is 2. The zero-order chi connectivity index (χ0) is 17.0. The summed E-state index contributed by atoms with van der Waals surface area (Å²) < 4.78 is 23.5. The quantitative estimate of drug-likeness (QED) is 0.867. The fourth-order valence-corrected chi connectivity index (χ4v) is 3.08. The van der Waals surface area contributed by atoms with Crippen molar-refractivity contribution in [2.45, 2.75) is 11.8 Å². The molecule has 0 saturated heterocycles. The van der Waals surface area contributed by atoms with Gasteiger partial charge in [-0.2, -0.15) is 0 Å². The standard InChI is InChI=1S/C16H17ClN2O3S/c1-11-3-6-13(7-4-11)19-16(20)10-18-14-8-5-12(17)9-15(14)23(2,21)22/h3-9,18H,10H2,1-2H3,(H,19,20). The van der Waals surface area contributed by atoms with Crippen LogP contribution >= 0.6 is 11.6 Å². The van der Waals surface area contributed by atoms with Crippen molar-refractivity contribution in [2.75, 3.05) is 23.4 Å². The number of hydrogen-bond donors (Lipinski definition) is 2. The van der Waals surface area contributed by atoms with E-state index in [1.165, 1.54) is 12.1 Å². The van der Waals surface area contributed by atoms with E-state index in [0.717, 1.165) is 11.8 Å². The predicted octanol–water partition coefficient (Wildman–Crippen LogP) is 3.10. The zero-order valence-corrected chi connectivity index (χ0v) is 14.3. The smallest absolute Gasteiger partial charge is 0.243 e. The van der Waals surface area contributed by atoms with Crippen molar-refractivity contribution >= 4 is 38.7 Å². The average molecular weight is 353 g/mol. The van der Waals surface area contributed by atoms with Gasteiger partial charge in [0, 0.05) is 17.0 Å². The van der Waals surface area contributed by atoms with Crippen molar-refractivity contribution < 1.29 is 13.2 Å². The number of rotatable bonds is 5. The summed E-state index contributed by atoms with van der Waals surface area (Å²) >= 11 is 5.83. The molecule has 0 unspecified atom stereocenters. The number of anilines is 2. The number of hydrogen-bond acceptors (Lipinski definition) is 4. The molecule has 7 heteroatoms. The zero-order valence-electron chi connectivity index (χ0n) is 12.8. The molecule has 2 aromatic rings. The predicted molar refractivity (Wildman–Crippen MR) is 92.9 cm³/mol. The van der Waals surface area contributed by atoms with Gasteiger partial charge < -0.3 is 10.6 Å². The van der Waals surface area contributed by atoms with E-state index in [-0.39, 0.29) is 17.3 Å². The molecule has 2 rings (SSSR count). The Morgan fingerprint density at radius 2 is 1.78 bits per heavy atom. The van der Waals surface area contributed by atoms with Crippen molar-refractivity contribution in [2.24, 2.45) is 0 Å². The second kappa shape index (κ2) is 7.02. The van der Waals surface area contributed by atoms with Gasteiger partial charge in [0.05, 0.1) is 17.1 Å². The first-order valence-electron chi connectivity index (χ1n) is 6.86. The molecule has 0 aliphatic heterocycles. The first kappa shape index (κ1) is 17.3. The molecule has 1 amide bonds. The molecule has 0 fully saturated rings. The fraction of sp³-hybridized carbons (Fsp3) is 0.188. The van der Waals surface area contributed by atoms with Crippen LogP contribution in [-0.4, -0.2) is 27.1 Å². The van der Waals surface area contributed by atoms with E-state index in [1.54, 1.807) is 18.2 Å². The molecule has 0 aliphatic rings. The highest BCUT2D eigenvalue weighted by Crippen LogP contribution is 2.25. The van der Waals surface area contributed by atoms with Crippen LogP contribution in [0.3, 0.4) is 0 Å². The lowest BCUT2D eigenvalue weighted by atomic mass is 10.2. The number of halogens is 1. The van der Waals surface area contributed by atoms with Gasteiger partial charge in [0.1, 0.15) is 0 Å². The lowest BCUT2D eigenvalue weighted by Gasteiger charge is -2.11. The van der Waals surface area contributed by atoms with Crippen LogP contribution in [0.2, 0.25) is 5.02 Å². The maximum Gasteiger partial charge on any atom is 0.243 e. The monoisotopic (exact) mass is 352 g/mol. The summed E-state index contributed by atoms with van der Waals surface area (Å²) in [7, 11) is -3.45. The van der Waals surface area contributed by atoms with Gasteiger partial charge in [0.2, 0.25) is 5.91 Å². The van der Waals surface area contributed by atoms with E-state index < -0.39 is 9.84 Å². The minimum absolute atomic E-state index is 0.0575. The van der Waals surface area contributed by atoms with Crippen LogP contribution in [-0.2, 0) is 14.6 Å². The molecule has 5 nitrogen and oxygen atoms in total. The van der Waals surface area contributed by atoms with Crippen LogP contribution in [0.25, 0.3) is 0 Å². The fourth-order valence-electron chi connectivity index (χ4n) is 1.97. The van der Waals surface area contributed by atoms with Crippen molar-refractivity contribution in [1.29, 1.82) is 0 Å². The van der Waals surface area contributed by atoms with Gasteiger partial charge in [0.25, 0.3) is 0 Å². The highest BCUT2D eigenvalue weighted by atomic mass is 35.5. The molecule has 23 heavy (non-hydrogen) atoms. The molecule has 0 heterocycles. The Kier molecular flexibility index (Phi) is 5.28. The second-order valence-corrected chi connectivity index (χ2v) is 7.60. The van der Waals surface area contributed by atoms with Gasteiger partial charge in [-0.1, -0.05) is 29.3 Å². The summed E-state index contributed by atoms with van der Waals surface area (Å²) in [5, 5.41) is 5.88. The lowest BCUT2D eigenvalue weighted by molar-refractivity contribution is -0.114. The molecule has 0 radical (unpaired) electrons. The van der Waals surface area contributed by atoms with Gasteiger partial charge in [-0.3, -0.25) is 4.79 Å². The maximum atomic E-state index is 11.9. The SMILES string of the molecule is Cc1ccc(NC(=O)CNc2ccc(Cl)cc2S(C)(=O)=O)cc1. The van der Waals surface area contributed by atoms with E-state index in [4.69, 9.17) is 11.6 Å². The first-order valence-corrected chi connectivity index (χ1v) is 9.12. The molecule has 0 bridgehead atoms. The number of amides is 1. The summed E-state index contributed by atoms with van der Waals surface area (Å²) in [6.45, 7) is 1.90. The molecule has 0 atom stereocenters. The van der Waals surface area contributed by atoms with E-state index in [9.17, 15) is 13.2 Å². The van der Waals surface area contributed by atoms with Crippen LogP contribution in [0, 0.1) is 6.92 Å². The van der Waals surface area contributed by atoms with Crippen LogP contribution in [0.5, 0.6) is 0 Å². The van der Waals surface area contributed by atoms with E-state index >= 15 is 0 Å². The Labute approximate surface area is 140 Å². The third kappa shape index (κ3) is 4.97. The summed E-state index contributed by atoms with van der Waals surface area (Å²) in [6, 6.07) is 11.9. The minimum Gasteiger partial charge on any atom is -0.375 e. The van der Waals surface area contributed by atoms with Crippen LogP contribution in [0.1, 0.15) is 5.56 Å². The number of carbonyl (C=O) groups excluding carboxylic acids is 1. The summed E-state index contributed by atoms with van der Waals surface area (Å²) in [5.74, 6) is -0.275. The van der Waals surface area contributed by atoms with E-state index in [2.05, 4.69) is 10.6 Å². The molecular weight excluding hydrogens is 336 g/mol. The molecule has 0 aromatic heterocycles. The van der Waals surface area contributed by atoms with Gasteiger partial charge in [-0.25, -0.2) is 8.42 Å². The summed E-state index contributed by atoms with van der Waals surface area (Å²) in [5.41, 5.74) is 2.12. The first-order chi connectivity index (χ1) is 10.8. The third-order valence-electron chi connectivity index (χ3n) is 3.12. The van der Waals surface area contributed by atoms with Crippen LogP contribution in [0.15, 0.2) is 47.4 Å². The Hall–Kier alpha value is -2.05. The lowest BCUT2D eigenvalue weighted by Crippen LogP contribution is -2.22. The Balaban J connectivity index is 2.06. The number of sulfone groups is 1. The van der Waals surface area contributed by atoms with Gasteiger partial charge >= 0.3 is 0 Å². The number of aryl methyl sites for hydroxylation is 1. The minimum atomic E-state index is -3.45. The molecule has 2 N–H and O–H groups in total. The van der Waals surface area contributed by atoms with E-state index in [0.29, 0.717) is 16.4 Å². The van der Waals surface area contributed by atoms with Crippen molar-refractivity contribution in [3.63, 3.8) is 0 Å². The number of benzene rings is 2. The average Bonchev–Trinajstić information content (AvgIpc) is 2.47. The highest BCUT2D eigenvalue weighted by Gasteiger charge is 2.14. The molecule has 0 saturated carbocycles. The molecule has 0 spiro atoms. The van der Waals surface area contributed by atoms with Gasteiger partial charge in [0.15, 0.2) is 9.84 Å². The largest absolute Gasteiger partial charge is 0.375 e. The molecular formula is C16H17ClN2O3S. The maximum absolute atomic E-state index is 11.9. The number of carbonyl (C=O) groups is 1. The summed E-state index contributed by atoms with van der Waals surface area (Å²) in [4.78, 5) is 12.0. The molecule has 2 aromatic carbocycles. The van der Waals surface area contributed by atoms with Gasteiger partial charge in [-0.05, 0) is 37.3 Å². The third-order valence-corrected chi connectivity index (χ3v) is 4.49. The van der Waals surface area contributed by atoms with E-state index in [1.807, 2.05) is 19.1 Å².